The van der Waals surface area contributed by atoms with Crippen LogP contribution in [0.15, 0.2) is 12.7 Å². The van der Waals surface area contributed by atoms with E-state index in [2.05, 4.69) is 41.7 Å². The van der Waals surface area contributed by atoms with Crippen molar-refractivity contribution in [1.29, 1.82) is 0 Å². The Kier molecular flexibility index (Phi) is 12.8. The predicted octanol–water partition coefficient (Wildman–Crippen LogP) is 2.85. The molecule has 0 spiro atoms. The number of rotatable bonds is 15. The van der Waals surface area contributed by atoms with Crippen LogP contribution in [0.3, 0.4) is 0 Å². The number of nitrogens with zero attached hydrogens (tertiary/aromatic N) is 1. The number of nitrogens with one attached hydrogen (secondary N) is 4. The molecule has 1 saturated heterocycles. The molecule has 2 aliphatic carbocycles. The Bertz CT molecular complexity index is 1160. The Morgan fingerprint density at radius 3 is 2.20 bits per heavy atom. The Morgan fingerprint density at radius 1 is 0.978 bits per heavy atom. The van der Waals surface area contributed by atoms with Gasteiger partial charge in [-0.1, -0.05) is 66.4 Å². The smallest absolute Gasteiger partial charge is 0.329 e. The van der Waals surface area contributed by atoms with Gasteiger partial charge in [0.25, 0.3) is 5.91 Å². The predicted molar refractivity (Wildman–Crippen MR) is 173 cm³/mol. The van der Waals surface area contributed by atoms with Crippen LogP contribution in [0.1, 0.15) is 93.4 Å². The molecule has 2 saturated carbocycles. The van der Waals surface area contributed by atoms with Crippen molar-refractivity contribution in [3.63, 3.8) is 0 Å². The molecule has 4 N–H and O–H groups in total. The van der Waals surface area contributed by atoms with Crippen molar-refractivity contribution in [2.24, 2.45) is 29.1 Å². The molecule has 3 aliphatic rings. The summed E-state index contributed by atoms with van der Waals surface area (Å²) >= 11 is 0. The van der Waals surface area contributed by atoms with Crippen LogP contribution in [-0.4, -0.2) is 83.8 Å². The molecule has 258 valence electrons. The summed E-state index contributed by atoms with van der Waals surface area (Å²) < 4.78 is 5.35. The first-order valence-electron chi connectivity index (χ1n) is 17.0. The first-order chi connectivity index (χ1) is 21.6. The van der Waals surface area contributed by atoms with Crippen LogP contribution < -0.4 is 21.3 Å². The van der Waals surface area contributed by atoms with Crippen molar-refractivity contribution in [3.8, 4) is 0 Å². The quantitative estimate of drug-likeness (QED) is 0.121. The Balaban J connectivity index is 1.84. The van der Waals surface area contributed by atoms with E-state index in [4.69, 9.17) is 4.74 Å². The van der Waals surface area contributed by atoms with Gasteiger partial charge in [-0.05, 0) is 62.2 Å². The lowest BCUT2D eigenvalue weighted by molar-refractivity contribution is -0.150. The molecule has 0 aromatic rings. The fraction of sp³-hybridized carbons (Fsp3) is 0.765. The highest BCUT2D eigenvalue weighted by molar-refractivity contribution is 6.38. The van der Waals surface area contributed by atoms with Crippen LogP contribution in [0.4, 0.5) is 4.79 Å². The number of hydrogen-bond acceptors (Lipinski definition) is 7. The molecule has 0 bridgehead atoms. The molecular weight excluding hydrogens is 590 g/mol. The Hall–Kier alpha value is -3.44. The number of esters is 1. The van der Waals surface area contributed by atoms with E-state index < -0.39 is 53.8 Å². The van der Waals surface area contributed by atoms with Crippen molar-refractivity contribution in [1.82, 2.24) is 26.2 Å². The van der Waals surface area contributed by atoms with Crippen molar-refractivity contribution in [3.05, 3.63) is 12.7 Å². The summed E-state index contributed by atoms with van der Waals surface area (Å²) in [5.74, 6) is -3.34. The van der Waals surface area contributed by atoms with Crippen molar-refractivity contribution in [2.75, 3.05) is 13.1 Å². The minimum absolute atomic E-state index is 0.0837. The number of fused-ring (bicyclic) bond motifs is 1. The highest BCUT2D eigenvalue weighted by Crippen LogP contribution is 2.65. The second kappa shape index (κ2) is 15.9. The van der Waals surface area contributed by atoms with E-state index in [1.807, 2.05) is 6.92 Å². The molecule has 0 radical (unpaired) electrons. The molecule has 1 heterocycles. The van der Waals surface area contributed by atoms with E-state index in [9.17, 15) is 28.8 Å². The van der Waals surface area contributed by atoms with Gasteiger partial charge in [0.2, 0.25) is 17.6 Å². The van der Waals surface area contributed by atoms with E-state index in [0.29, 0.717) is 13.0 Å². The second-order valence-electron chi connectivity index (χ2n) is 14.3. The van der Waals surface area contributed by atoms with Gasteiger partial charge in [-0.25, -0.2) is 9.59 Å². The molecule has 12 heteroatoms. The lowest BCUT2D eigenvalue weighted by atomic mass is 9.83. The average molecular weight is 646 g/mol. The summed E-state index contributed by atoms with van der Waals surface area (Å²) in [7, 11) is 0. The summed E-state index contributed by atoms with van der Waals surface area (Å²) in [4.78, 5) is 81.5. The van der Waals surface area contributed by atoms with Crippen molar-refractivity contribution < 1.29 is 33.5 Å². The van der Waals surface area contributed by atoms with Gasteiger partial charge in [-0.15, -0.1) is 6.58 Å². The summed E-state index contributed by atoms with van der Waals surface area (Å²) in [6, 6.07) is -4.33. The minimum Gasteiger partial charge on any atom is -0.461 e. The van der Waals surface area contributed by atoms with Crippen LogP contribution in [0.25, 0.3) is 0 Å². The van der Waals surface area contributed by atoms with E-state index in [1.54, 1.807) is 32.6 Å². The van der Waals surface area contributed by atoms with Gasteiger partial charge in [0.05, 0.1) is 12.1 Å². The first kappa shape index (κ1) is 37.0. The van der Waals surface area contributed by atoms with Gasteiger partial charge in [0.1, 0.15) is 18.1 Å². The number of amides is 5. The number of carbonyl (C=O) groups excluding carboxylic acids is 6. The fourth-order valence-electron chi connectivity index (χ4n) is 7.19. The summed E-state index contributed by atoms with van der Waals surface area (Å²) in [6.45, 7) is 17.1. The molecule has 46 heavy (non-hydrogen) atoms. The highest BCUT2D eigenvalue weighted by atomic mass is 16.5. The maximum absolute atomic E-state index is 14.4. The van der Waals surface area contributed by atoms with Gasteiger partial charge in [0, 0.05) is 13.1 Å². The number of Topliss-reactive ketones (excluding diaryl/α,β-unsaturated/α-hetero) is 1. The fourth-order valence-corrected chi connectivity index (χ4v) is 7.19. The zero-order chi connectivity index (χ0) is 34.3. The highest BCUT2D eigenvalue weighted by Gasteiger charge is 2.69. The number of piperidine rings is 1. The Labute approximate surface area is 273 Å². The van der Waals surface area contributed by atoms with E-state index in [1.165, 1.54) is 6.08 Å². The lowest BCUT2D eigenvalue weighted by Crippen LogP contribution is -2.61. The van der Waals surface area contributed by atoms with Gasteiger partial charge in [0.15, 0.2) is 0 Å². The molecular formula is C34H55N5O7. The lowest BCUT2D eigenvalue weighted by Gasteiger charge is -2.37. The van der Waals surface area contributed by atoms with Crippen molar-refractivity contribution in [2.45, 2.75) is 124 Å². The van der Waals surface area contributed by atoms with Crippen LogP contribution in [-0.2, 0) is 28.7 Å². The normalized spacial score (nSPS) is 23.8. The largest absolute Gasteiger partial charge is 0.461 e. The number of likely N-dealkylation sites (tertiary alicyclic amines) is 1. The third-order valence-corrected chi connectivity index (χ3v) is 9.83. The molecule has 3 rings (SSSR count). The maximum Gasteiger partial charge on any atom is 0.329 e. The van der Waals surface area contributed by atoms with E-state index in [-0.39, 0.29) is 54.1 Å². The molecule has 12 nitrogen and oxygen atoms in total. The summed E-state index contributed by atoms with van der Waals surface area (Å²) in [5.41, 5.74) is -0.184. The summed E-state index contributed by atoms with van der Waals surface area (Å²) in [6.07, 6.45) is 6.32. The first-order valence-corrected chi connectivity index (χ1v) is 17.0. The van der Waals surface area contributed by atoms with Crippen LogP contribution in [0.2, 0.25) is 0 Å². The molecule has 5 amide bonds. The molecule has 6 atom stereocenters. The Morgan fingerprint density at radius 2 is 1.63 bits per heavy atom. The third-order valence-electron chi connectivity index (χ3n) is 9.83. The van der Waals surface area contributed by atoms with Crippen LogP contribution in [0.5, 0.6) is 0 Å². The molecule has 1 unspecified atom stereocenters. The summed E-state index contributed by atoms with van der Waals surface area (Å²) in [5, 5.41) is 10.9. The average Bonchev–Trinajstić information content (AvgIpc) is 3.31. The number of hydrogen-bond donors (Lipinski definition) is 4. The number of ketones is 1. The van der Waals surface area contributed by atoms with Gasteiger partial charge >= 0.3 is 12.0 Å². The van der Waals surface area contributed by atoms with Gasteiger partial charge < -0.3 is 30.9 Å². The second-order valence-corrected chi connectivity index (χ2v) is 14.3. The molecule has 3 fully saturated rings. The van der Waals surface area contributed by atoms with Gasteiger partial charge in [-0.2, -0.15) is 0 Å². The number of carbonyl (C=O) groups is 6. The monoisotopic (exact) mass is 645 g/mol. The molecule has 0 aromatic heterocycles. The topological polar surface area (TPSA) is 163 Å². The van der Waals surface area contributed by atoms with E-state index >= 15 is 0 Å². The van der Waals surface area contributed by atoms with Crippen molar-refractivity contribution >= 4 is 35.5 Å². The maximum atomic E-state index is 14.4. The molecule has 1 aliphatic heterocycles. The van der Waals surface area contributed by atoms with E-state index in [0.717, 1.165) is 32.1 Å². The number of ether oxygens (including phenoxy) is 1. The standard InChI is InChI=1S/C34H55N5O7/c1-9-14-23(28(40)30(42)35-17-10-2)36-29(41)27-24-22(34(24,7)8)18-39(27)31(43)26(21-15-12-11-13-16-21)38-33(45)37-25(19(3)4)32(44)46-20(5)6/h10,19-27H,2,9,11-18H2,1,3-8H3,(H,35,42)(H,36,41)(H2,37,38,45)/t22-,23?,24-,25-,26-,27-/m0/s1. The SMILES string of the molecule is C=CCNC(=O)C(=O)C(CCC)NC(=O)[C@@H]1[C@@H]2[C@H](CN1C(=O)[C@@H](NC(=O)N[C@H](C(=O)OC(C)C)C(C)C)C1CCCCC1)C2(C)C. The zero-order valence-corrected chi connectivity index (χ0v) is 28.6. The molecule has 0 aromatic carbocycles. The zero-order valence-electron chi connectivity index (χ0n) is 28.6. The number of urea groups is 1. The van der Waals surface area contributed by atoms with Crippen LogP contribution >= 0.6 is 0 Å². The van der Waals surface area contributed by atoms with Crippen LogP contribution in [0, 0.1) is 29.1 Å². The third kappa shape index (κ3) is 8.67. The minimum atomic E-state index is -1.03. The van der Waals surface area contributed by atoms with Gasteiger partial charge in [-0.3, -0.25) is 19.2 Å².